The Morgan fingerprint density at radius 1 is 0.826 bits per heavy atom. The third-order valence-corrected chi connectivity index (χ3v) is 4.09. The first-order valence-electron chi connectivity index (χ1n) is 7.53. The summed E-state index contributed by atoms with van der Waals surface area (Å²) in [5.74, 6) is -0.907. The fraction of sp³-hybridized carbons (Fsp3) is 0.471. The number of hydrogen-bond acceptors (Lipinski definition) is 6. The third kappa shape index (κ3) is 4.31. The summed E-state index contributed by atoms with van der Waals surface area (Å²) < 4.78 is 14.7. The van der Waals surface area contributed by atoms with Crippen molar-refractivity contribution in [3.63, 3.8) is 0 Å². The van der Waals surface area contributed by atoms with Crippen molar-refractivity contribution in [2.45, 2.75) is 25.7 Å². The zero-order chi connectivity index (χ0) is 16.8. The molecule has 1 aliphatic rings. The van der Waals surface area contributed by atoms with E-state index < -0.39 is 5.97 Å². The van der Waals surface area contributed by atoms with Crippen LogP contribution in [0.3, 0.4) is 0 Å². The highest BCUT2D eigenvalue weighted by atomic mass is 16.5. The molecule has 0 aromatic heterocycles. The molecule has 0 N–H and O–H groups in total. The number of esters is 3. The summed E-state index contributed by atoms with van der Waals surface area (Å²) in [6.45, 7) is 0. The van der Waals surface area contributed by atoms with Gasteiger partial charge in [-0.1, -0.05) is 0 Å². The van der Waals surface area contributed by atoms with Crippen molar-refractivity contribution < 1.29 is 28.6 Å². The van der Waals surface area contributed by atoms with Gasteiger partial charge < -0.3 is 14.2 Å². The van der Waals surface area contributed by atoms with Crippen LogP contribution in [0.4, 0.5) is 0 Å². The van der Waals surface area contributed by atoms with Gasteiger partial charge >= 0.3 is 17.9 Å². The Balaban J connectivity index is 1.88. The Morgan fingerprint density at radius 2 is 1.35 bits per heavy atom. The van der Waals surface area contributed by atoms with Crippen LogP contribution in [-0.4, -0.2) is 32.1 Å². The molecule has 124 valence electrons. The van der Waals surface area contributed by atoms with E-state index in [9.17, 15) is 14.4 Å². The minimum Gasteiger partial charge on any atom is -0.469 e. The Morgan fingerprint density at radius 3 is 1.83 bits per heavy atom. The van der Waals surface area contributed by atoms with Gasteiger partial charge in [-0.15, -0.1) is 0 Å². The van der Waals surface area contributed by atoms with Gasteiger partial charge in [0.1, 0.15) is 5.75 Å². The Bertz CT molecular complexity index is 569. The van der Waals surface area contributed by atoms with Gasteiger partial charge in [0, 0.05) is 0 Å². The Labute approximate surface area is 134 Å². The molecule has 6 heteroatoms. The van der Waals surface area contributed by atoms with E-state index in [0.29, 0.717) is 37.0 Å². The van der Waals surface area contributed by atoms with Crippen molar-refractivity contribution in [2.24, 2.45) is 11.8 Å². The molecule has 0 amide bonds. The van der Waals surface area contributed by atoms with E-state index in [0.717, 1.165) is 0 Å². The van der Waals surface area contributed by atoms with Crippen molar-refractivity contribution in [1.29, 1.82) is 0 Å². The molecule has 1 aliphatic carbocycles. The first kappa shape index (κ1) is 17.0. The van der Waals surface area contributed by atoms with Gasteiger partial charge in [-0.3, -0.25) is 9.59 Å². The van der Waals surface area contributed by atoms with Crippen LogP contribution in [0, 0.1) is 11.8 Å². The summed E-state index contributed by atoms with van der Waals surface area (Å²) >= 11 is 0. The van der Waals surface area contributed by atoms with Gasteiger partial charge in [0.15, 0.2) is 0 Å². The number of ether oxygens (including phenoxy) is 3. The topological polar surface area (TPSA) is 78.9 Å². The summed E-state index contributed by atoms with van der Waals surface area (Å²) in [5.41, 5.74) is 0.394. The van der Waals surface area contributed by atoms with Gasteiger partial charge in [0.05, 0.1) is 31.6 Å². The summed E-state index contributed by atoms with van der Waals surface area (Å²) in [4.78, 5) is 35.0. The van der Waals surface area contributed by atoms with E-state index in [1.54, 1.807) is 24.3 Å². The highest BCUT2D eigenvalue weighted by Crippen LogP contribution is 2.30. The molecule has 6 nitrogen and oxygen atoms in total. The first-order chi connectivity index (χ1) is 11.0. The van der Waals surface area contributed by atoms with Gasteiger partial charge in [-0.2, -0.15) is 0 Å². The lowest BCUT2D eigenvalue weighted by Crippen LogP contribution is -2.29. The molecule has 0 saturated heterocycles. The van der Waals surface area contributed by atoms with Crippen LogP contribution in [0.5, 0.6) is 5.75 Å². The van der Waals surface area contributed by atoms with Crippen molar-refractivity contribution in [2.75, 3.05) is 14.2 Å². The third-order valence-electron chi connectivity index (χ3n) is 4.09. The van der Waals surface area contributed by atoms with Gasteiger partial charge in [0.2, 0.25) is 0 Å². The molecule has 1 aromatic carbocycles. The average molecular weight is 320 g/mol. The molecule has 1 fully saturated rings. The fourth-order valence-corrected chi connectivity index (χ4v) is 2.71. The smallest absolute Gasteiger partial charge is 0.337 e. The molecule has 0 spiro atoms. The predicted molar refractivity (Wildman–Crippen MR) is 80.9 cm³/mol. The quantitative estimate of drug-likeness (QED) is 0.626. The van der Waals surface area contributed by atoms with E-state index in [1.165, 1.54) is 14.2 Å². The van der Waals surface area contributed by atoms with Crippen LogP contribution in [0.2, 0.25) is 0 Å². The highest BCUT2D eigenvalue weighted by Gasteiger charge is 2.31. The number of rotatable bonds is 4. The number of carbonyl (C=O) groups is 3. The molecule has 23 heavy (non-hydrogen) atoms. The van der Waals surface area contributed by atoms with Crippen molar-refractivity contribution in [3.8, 4) is 5.75 Å². The molecule has 0 bridgehead atoms. The maximum Gasteiger partial charge on any atom is 0.337 e. The van der Waals surface area contributed by atoms with Crippen LogP contribution in [0.1, 0.15) is 36.0 Å². The summed E-state index contributed by atoms with van der Waals surface area (Å²) in [6, 6.07) is 6.21. The predicted octanol–water partition coefficient (Wildman–Crippen LogP) is 2.36. The van der Waals surface area contributed by atoms with E-state index in [4.69, 9.17) is 9.47 Å². The highest BCUT2D eigenvalue weighted by molar-refractivity contribution is 5.89. The van der Waals surface area contributed by atoms with Crippen LogP contribution < -0.4 is 4.74 Å². The van der Waals surface area contributed by atoms with Gasteiger partial charge in [-0.25, -0.2) is 4.79 Å². The molecular formula is C17H20O6. The SMILES string of the molecule is COC(=O)c1ccc(OC(=O)C2CCC(C(=O)OC)CC2)cc1. The second-order valence-corrected chi connectivity index (χ2v) is 5.51. The maximum absolute atomic E-state index is 12.2. The first-order valence-corrected chi connectivity index (χ1v) is 7.53. The lowest BCUT2D eigenvalue weighted by atomic mass is 9.82. The standard InChI is InChI=1S/C17H20O6/c1-21-15(18)11-3-5-13(6-4-11)17(20)23-14-9-7-12(8-10-14)16(19)22-2/h7-11,13H,3-6H2,1-2H3. The van der Waals surface area contributed by atoms with E-state index in [-0.39, 0.29) is 23.8 Å². The summed E-state index contributed by atoms with van der Waals surface area (Å²) in [7, 11) is 2.68. The minimum absolute atomic E-state index is 0.122. The van der Waals surface area contributed by atoms with Crippen LogP contribution in [0.15, 0.2) is 24.3 Å². The second kappa shape index (κ2) is 7.76. The number of hydrogen-bond donors (Lipinski definition) is 0. The zero-order valence-corrected chi connectivity index (χ0v) is 13.2. The molecular weight excluding hydrogens is 300 g/mol. The van der Waals surface area contributed by atoms with Gasteiger partial charge in [0.25, 0.3) is 0 Å². The number of carbonyl (C=O) groups excluding carboxylic acids is 3. The maximum atomic E-state index is 12.2. The molecule has 0 heterocycles. The van der Waals surface area contributed by atoms with E-state index in [2.05, 4.69) is 4.74 Å². The summed E-state index contributed by atoms with van der Waals surface area (Å²) in [5, 5.41) is 0. The largest absolute Gasteiger partial charge is 0.469 e. The Hall–Kier alpha value is -2.37. The molecule has 0 radical (unpaired) electrons. The molecule has 0 atom stereocenters. The van der Waals surface area contributed by atoms with E-state index in [1.807, 2.05) is 0 Å². The lowest BCUT2D eigenvalue weighted by molar-refractivity contribution is -0.149. The normalized spacial score (nSPS) is 20.4. The zero-order valence-electron chi connectivity index (χ0n) is 13.2. The Kier molecular flexibility index (Phi) is 5.73. The molecule has 0 unspecified atom stereocenters. The molecule has 0 aliphatic heterocycles. The van der Waals surface area contributed by atoms with Crippen molar-refractivity contribution in [1.82, 2.24) is 0 Å². The van der Waals surface area contributed by atoms with Crippen molar-refractivity contribution in [3.05, 3.63) is 29.8 Å². The van der Waals surface area contributed by atoms with Crippen molar-refractivity contribution >= 4 is 17.9 Å². The number of methoxy groups -OCH3 is 2. The minimum atomic E-state index is -0.441. The van der Waals surface area contributed by atoms with Crippen LogP contribution >= 0.6 is 0 Å². The monoisotopic (exact) mass is 320 g/mol. The fourth-order valence-electron chi connectivity index (χ4n) is 2.71. The lowest BCUT2D eigenvalue weighted by Gasteiger charge is -2.25. The van der Waals surface area contributed by atoms with Crippen LogP contribution in [-0.2, 0) is 19.1 Å². The molecule has 1 aromatic rings. The second-order valence-electron chi connectivity index (χ2n) is 5.51. The molecule has 2 rings (SSSR count). The van der Waals surface area contributed by atoms with Gasteiger partial charge in [-0.05, 0) is 49.9 Å². The average Bonchev–Trinajstić information content (AvgIpc) is 2.61. The molecule has 1 saturated carbocycles. The number of benzene rings is 1. The van der Waals surface area contributed by atoms with Crippen LogP contribution in [0.25, 0.3) is 0 Å². The van der Waals surface area contributed by atoms with E-state index >= 15 is 0 Å². The summed E-state index contributed by atoms with van der Waals surface area (Å²) in [6.07, 6.45) is 2.49.